The lowest BCUT2D eigenvalue weighted by molar-refractivity contribution is 0.0388. The molecule has 156 valence electrons. The van der Waals surface area contributed by atoms with Crippen LogP contribution >= 0.6 is 0 Å². The van der Waals surface area contributed by atoms with Crippen LogP contribution in [0.15, 0.2) is 73.3 Å². The predicted octanol–water partition coefficient (Wildman–Crippen LogP) is 3.89. The molecule has 1 saturated heterocycles. The molecule has 1 aliphatic rings. The lowest BCUT2D eigenvalue weighted by atomic mass is 9.99. The van der Waals surface area contributed by atoms with Crippen molar-refractivity contribution in [2.75, 3.05) is 6.54 Å². The first-order valence-electron chi connectivity index (χ1n) is 10.5. The number of hydrogen-bond acceptors (Lipinski definition) is 5. The predicted molar refractivity (Wildman–Crippen MR) is 117 cm³/mol. The second kappa shape index (κ2) is 8.18. The molecule has 3 heterocycles. The normalized spacial score (nSPS) is 18.8. The molecule has 0 unspecified atom stereocenters. The topological polar surface area (TPSA) is 73.1 Å². The highest BCUT2D eigenvalue weighted by Crippen LogP contribution is 2.29. The smallest absolute Gasteiger partial charge is 0.256 e. The number of ether oxygens (including phenoxy) is 1. The minimum Gasteiger partial charge on any atom is -0.488 e. The fraction of sp³-hybridized carbons (Fsp3) is 0.250. The number of rotatable bonds is 4. The molecule has 1 aliphatic heterocycles. The van der Waals surface area contributed by atoms with Crippen LogP contribution in [0.4, 0.5) is 0 Å². The summed E-state index contributed by atoms with van der Waals surface area (Å²) in [6.45, 7) is 2.62. The van der Waals surface area contributed by atoms with Gasteiger partial charge in [-0.2, -0.15) is 15.0 Å². The first-order chi connectivity index (χ1) is 15.2. The molecule has 0 bridgehead atoms. The minimum atomic E-state index is -0.0751. The van der Waals surface area contributed by atoms with E-state index in [0.717, 1.165) is 29.4 Å². The average molecular weight is 413 g/mol. The molecule has 2 aromatic heterocycles. The number of nitrogens with zero attached hydrogens (tertiary/aromatic N) is 5. The Morgan fingerprint density at radius 3 is 2.71 bits per heavy atom. The Bertz CT molecular complexity index is 1200. The van der Waals surface area contributed by atoms with Gasteiger partial charge >= 0.3 is 0 Å². The van der Waals surface area contributed by atoms with Gasteiger partial charge in [0.25, 0.3) is 5.91 Å². The minimum absolute atomic E-state index is 0.0316. The summed E-state index contributed by atoms with van der Waals surface area (Å²) in [5, 5.41) is 10.5. The summed E-state index contributed by atoms with van der Waals surface area (Å²) in [6.07, 6.45) is 8.52. The third kappa shape index (κ3) is 3.74. The summed E-state index contributed by atoms with van der Waals surface area (Å²) >= 11 is 0. The van der Waals surface area contributed by atoms with Crippen molar-refractivity contribution in [3.8, 4) is 11.4 Å². The van der Waals surface area contributed by atoms with E-state index in [-0.39, 0.29) is 18.1 Å². The number of aromatic nitrogens is 4. The molecule has 0 saturated carbocycles. The Balaban J connectivity index is 1.40. The third-order valence-corrected chi connectivity index (χ3v) is 5.80. The summed E-state index contributed by atoms with van der Waals surface area (Å²) in [4.78, 5) is 21.1. The van der Waals surface area contributed by atoms with Crippen LogP contribution in [-0.4, -0.2) is 49.5 Å². The third-order valence-electron chi connectivity index (χ3n) is 5.80. The molecule has 2 aromatic carbocycles. The van der Waals surface area contributed by atoms with Gasteiger partial charge in [0, 0.05) is 29.2 Å². The van der Waals surface area contributed by atoms with Crippen LogP contribution in [0.5, 0.6) is 5.75 Å². The van der Waals surface area contributed by atoms with Gasteiger partial charge in [-0.15, -0.1) is 0 Å². The molecular formula is C24H23N5O2. The first kappa shape index (κ1) is 19.2. The van der Waals surface area contributed by atoms with Gasteiger partial charge < -0.3 is 9.64 Å². The molecule has 2 atom stereocenters. The molecule has 0 radical (unpaired) electrons. The molecule has 1 amide bonds. The number of carbonyl (C=O) groups is 1. The number of amides is 1. The molecule has 4 aromatic rings. The van der Waals surface area contributed by atoms with Crippen molar-refractivity contribution in [2.45, 2.75) is 31.9 Å². The lowest BCUT2D eigenvalue weighted by Crippen LogP contribution is -2.49. The summed E-state index contributed by atoms with van der Waals surface area (Å²) in [5.74, 6) is 0.795. The second-order valence-corrected chi connectivity index (χ2v) is 7.81. The van der Waals surface area contributed by atoms with Gasteiger partial charge in [0.2, 0.25) is 0 Å². The van der Waals surface area contributed by atoms with Crippen molar-refractivity contribution in [3.63, 3.8) is 0 Å². The van der Waals surface area contributed by atoms with Crippen molar-refractivity contribution < 1.29 is 9.53 Å². The molecule has 7 nitrogen and oxygen atoms in total. The average Bonchev–Trinajstić information content (AvgIpc) is 3.35. The van der Waals surface area contributed by atoms with Gasteiger partial charge in [-0.3, -0.25) is 9.78 Å². The van der Waals surface area contributed by atoms with Gasteiger partial charge in [-0.05, 0) is 44.0 Å². The molecule has 0 spiro atoms. The quantitative estimate of drug-likeness (QED) is 0.508. The Hall–Kier alpha value is -3.74. The number of pyridine rings is 1. The summed E-state index contributed by atoms with van der Waals surface area (Å²) in [5.41, 5.74) is 1.26. The highest BCUT2D eigenvalue weighted by molar-refractivity contribution is 5.98. The zero-order chi connectivity index (χ0) is 21.2. The second-order valence-electron chi connectivity index (χ2n) is 7.81. The van der Waals surface area contributed by atoms with Crippen molar-refractivity contribution in [1.82, 2.24) is 24.9 Å². The van der Waals surface area contributed by atoms with E-state index in [9.17, 15) is 4.79 Å². The van der Waals surface area contributed by atoms with Gasteiger partial charge in [0.15, 0.2) is 0 Å². The van der Waals surface area contributed by atoms with Crippen LogP contribution in [0, 0.1) is 0 Å². The van der Waals surface area contributed by atoms with E-state index >= 15 is 0 Å². The van der Waals surface area contributed by atoms with E-state index in [2.05, 4.69) is 22.1 Å². The van der Waals surface area contributed by atoms with Crippen LogP contribution in [0.25, 0.3) is 16.5 Å². The number of para-hydroxylation sites is 1. The molecule has 0 aliphatic carbocycles. The highest BCUT2D eigenvalue weighted by Gasteiger charge is 2.32. The molecule has 0 N–H and O–H groups in total. The van der Waals surface area contributed by atoms with Crippen LogP contribution in [-0.2, 0) is 0 Å². The van der Waals surface area contributed by atoms with E-state index in [0.29, 0.717) is 17.8 Å². The van der Waals surface area contributed by atoms with E-state index in [1.54, 1.807) is 18.6 Å². The number of benzene rings is 2. The maximum atomic E-state index is 13.5. The Kier molecular flexibility index (Phi) is 5.08. The van der Waals surface area contributed by atoms with Gasteiger partial charge in [-0.1, -0.05) is 24.3 Å². The maximum Gasteiger partial charge on any atom is 0.256 e. The van der Waals surface area contributed by atoms with E-state index in [1.165, 1.54) is 4.80 Å². The van der Waals surface area contributed by atoms with Crippen LogP contribution in [0.1, 0.15) is 30.1 Å². The van der Waals surface area contributed by atoms with E-state index < -0.39 is 0 Å². The molecule has 5 rings (SSSR count). The van der Waals surface area contributed by atoms with Crippen LogP contribution in [0.3, 0.4) is 0 Å². The molecule has 7 heteroatoms. The van der Waals surface area contributed by atoms with Gasteiger partial charge in [0.1, 0.15) is 11.9 Å². The van der Waals surface area contributed by atoms with Gasteiger partial charge in [0.05, 0.1) is 30.2 Å². The number of fused-ring (bicyclic) bond motifs is 1. The summed E-state index contributed by atoms with van der Waals surface area (Å²) in [6, 6.07) is 15.5. The summed E-state index contributed by atoms with van der Waals surface area (Å²) < 4.78 is 6.38. The van der Waals surface area contributed by atoms with Crippen LogP contribution in [0.2, 0.25) is 0 Å². The van der Waals surface area contributed by atoms with E-state index in [1.807, 2.05) is 59.6 Å². The highest BCUT2D eigenvalue weighted by atomic mass is 16.5. The van der Waals surface area contributed by atoms with Crippen molar-refractivity contribution in [3.05, 3.63) is 78.9 Å². The first-order valence-corrected chi connectivity index (χ1v) is 10.5. The zero-order valence-electron chi connectivity index (χ0n) is 17.3. The largest absolute Gasteiger partial charge is 0.488 e. The number of hydrogen-bond donors (Lipinski definition) is 0. The van der Waals surface area contributed by atoms with Gasteiger partial charge in [-0.25, -0.2) is 0 Å². The molecule has 1 fully saturated rings. The Morgan fingerprint density at radius 2 is 1.84 bits per heavy atom. The maximum absolute atomic E-state index is 13.5. The Labute approximate surface area is 180 Å². The number of piperidine rings is 1. The zero-order valence-corrected chi connectivity index (χ0v) is 17.3. The number of carbonyl (C=O) groups excluding carboxylic acids is 1. The van der Waals surface area contributed by atoms with Crippen molar-refractivity contribution >= 4 is 16.7 Å². The van der Waals surface area contributed by atoms with Crippen molar-refractivity contribution in [1.29, 1.82) is 0 Å². The number of likely N-dealkylation sites (tertiary alicyclic amines) is 1. The monoisotopic (exact) mass is 413 g/mol. The standard InChI is InChI=1S/C24H23N5O2/c1-17-9-10-19(31-23-8-4-5-18-15-25-12-11-20(18)23)16-28(17)24(30)21-6-2-3-7-22(21)29-26-13-14-27-29/h2-8,11-15,17,19H,9-10,16H2,1H3/t17-,19+/m1/s1. The fourth-order valence-corrected chi connectivity index (χ4v) is 4.15. The lowest BCUT2D eigenvalue weighted by Gasteiger charge is -2.38. The summed E-state index contributed by atoms with van der Waals surface area (Å²) in [7, 11) is 0. The van der Waals surface area contributed by atoms with E-state index in [4.69, 9.17) is 4.74 Å². The fourth-order valence-electron chi connectivity index (χ4n) is 4.15. The molecule has 31 heavy (non-hydrogen) atoms. The Morgan fingerprint density at radius 1 is 1.00 bits per heavy atom. The molecular weight excluding hydrogens is 390 g/mol. The van der Waals surface area contributed by atoms with Crippen LogP contribution < -0.4 is 4.74 Å². The van der Waals surface area contributed by atoms with Crippen molar-refractivity contribution in [2.24, 2.45) is 0 Å². The SMILES string of the molecule is C[C@@H]1CC[C@H](Oc2cccc3cnccc23)CN1C(=O)c1ccccc1-n1nccn1.